The Morgan fingerprint density at radius 3 is 2.56 bits per heavy atom. The van der Waals surface area contributed by atoms with Gasteiger partial charge in [-0.15, -0.1) is 0 Å². The molecule has 1 aliphatic heterocycles. The molecule has 1 fully saturated rings. The lowest BCUT2D eigenvalue weighted by molar-refractivity contribution is 0.0668. The Kier molecular flexibility index (Phi) is 3.93. The summed E-state index contributed by atoms with van der Waals surface area (Å²) in [6.07, 6.45) is 1.90. The number of hydrogen-bond donors (Lipinski definition) is 2. The van der Waals surface area contributed by atoms with Gasteiger partial charge in [0.1, 0.15) is 0 Å². The van der Waals surface area contributed by atoms with Crippen LogP contribution >= 0.6 is 0 Å². The third kappa shape index (κ3) is 3.04. The van der Waals surface area contributed by atoms with Gasteiger partial charge in [-0.05, 0) is 30.5 Å². The zero-order chi connectivity index (χ0) is 11.4. The second-order valence-electron chi connectivity index (χ2n) is 4.55. The fraction of sp³-hybridized carbons (Fsp3) is 0.538. The number of aliphatic hydroxyl groups is 1. The van der Waals surface area contributed by atoms with Gasteiger partial charge in [-0.2, -0.15) is 0 Å². The number of β-amino-alcohol motifs (C(OH)–C–C–N with tert-alkyl or cyclic N) is 1. The van der Waals surface area contributed by atoms with Gasteiger partial charge in [0.2, 0.25) is 0 Å². The molecule has 1 saturated heterocycles. The van der Waals surface area contributed by atoms with Gasteiger partial charge in [-0.25, -0.2) is 0 Å². The topological polar surface area (TPSA) is 49.5 Å². The molecule has 0 aliphatic carbocycles. The zero-order valence-corrected chi connectivity index (χ0v) is 9.60. The van der Waals surface area contributed by atoms with Crippen LogP contribution in [-0.4, -0.2) is 29.2 Å². The molecule has 0 bridgehead atoms. The summed E-state index contributed by atoms with van der Waals surface area (Å²) in [6, 6.07) is 8.41. The van der Waals surface area contributed by atoms with E-state index in [0.717, 1.165) is 32.5 Å². The highest BCUT2D eigenvalue weighted by molar-refractivity contribution is 5.22. The SMILES string of the molecule is NCc1ccc(CN2CCC[C@@H](O)C2)cc1. The maximum absolute atomic E-state index is 9.58. The minimum atomic E-state index is -0.142. The minimum absolute atomic E-state index is 0.142. The van der Waals surface area contributed by atoms with Crippen molar-refractivity contribution in [2.75, 3.05) is 13.1 Å². The van der Waals surface area contributed by atoms with E-state index in [1.165, 1.54) is 11.1 Å². The Balaban J connectivity index is 1.92. The number of piperidine rings is 1. The first-order valence-corrected chi connectivity index (χ1v) is 5.96. The molecule has 3 heteroatoms. The number of likely N-dealkylation sites (tertiary alicyclic amines) is 1. The van der Waals surface area contributed by atoms with Crippen molar-refractivity contribution >= 4 is 0 Å². The third-order valence-electron chi connectivity index (χ3n) is 3.15. The summed E-state index contributed by atoms with van der Waals surface area (Å²) in [5.74, 6) is 0. The Hall–Kier alpha value is -0.900. The maximum atomic E-state index is 9.58. The van der Waals surface area contributed by atoms with Gasteiger partial charge < -0.3 is 10.8 Å². The van der Waals surface area contributed by atoms with E-state index in [0.29, 0.717) is 6.54 Å². The smallest absolute Gasteiger partial charge is 0.0667 e. The van der Waals surface area contributed by atoms with E-state index in [9.17, 15) is 5.11 Å². The molecule has 0 amide bonds. The van der Waals surface area contributed by atoms with Gasteiger partial charge in [0, 0.05) is 19.6 Å². The Morgan fingerprint density at radius 2 is 1.94 bits per heavy atom. The zero-order valence-electron chi connectivity index (χ0n) is 9.60. The quantitative estimate of drug-likeness (QED) is 0.802. The number of rotatable bonds is 3. The van der Waals surface area contributed by atoms with Crippen molar-refractivity contribution in [1.29, 1.82) is 0 Å². The van der Waals surface area contributed by atoms with Crippen molar-refractivity contribution in [2.24, 2.45) is 5.73 Å². The normalized spacial score (nSPS) is 22.2. The predicted octanol–water partition coefficient (Wildman–Crippen LogP) is 1.10. The van der Waals surface area contributed by atoms with Crippen molar-refractivity contribution in [3.05, 3.63) is 35.4 Å². The molecule has 1 aliphatic rings. The van der Waals surface area contributed by atoms with Gasteiger partial charge in [0.05, 0.1) is 6.10 Å². The largest absolute Gasteiger partial charge is 0.392 e. The van der Waals surface area contributed by atoms with Crippen molar-refractivity contribution in [3.63, 3.8) is 0 Å². The van der Waals surface area contributed by atoms with Crippen LogP contribution in [-0.2, 0) is 13.1 Å². The lowest BCUT2D eigenvalue weighted by Gasteiger charge is -2.29. The number of nitrogens with two attached hydrogens (primary N) is 1. The van der Waals surface area contributed by atoms with Crippen LogP contribution in [0.25, 0.3) is 0 Å². The standard InChI is InChI=1S/C13H20N2O/c14-8-11-3-5-12(6-4-11)9-15-7-1-2-13(16)10-15/h3-6,13,16H,1-2,7-10,14H2/t13-/m1/s1. The molecule has 0 aromatic heterocycles. The molecule has 1 aromatic carbocycles. The molecule has 1 atom stereocenters. The summed E-state index contributed by atoms with van der Waals surface area (Å²) in [5.41, 5.74) is 8.03. The summed E-state index contributed by atoms with van der Waals surface area (Å²) in [4.78, 5) is 2.31. The van der Waals surface area contributed by atoms with E-state index in [1.54, 1.807) is 0 Å². The van der Waals surface area contributed by atoms with Crippen LogP contribution in [0.2, 0.25) is 0 Å². The molecular formula is C13H20N2O. The van der Waals surface area contributed by atoms with Crippen LogP contribution < -0.4 is 5.73 Å². The predicted molar refractivity (Wildman–Crippen MR) is 64.9 cm³/mol. The highest BCUT2D eigenvalue weighted by Crippen LogP contribution is 2.14. The second-order valence-corrected chi connectivity index (χ2v) is 4.55. The summed E-state index contributed by atoms with van der Waals surface area (Å²) >= 11 is 0. The fourth-order valence-corrected chi connectivity index (χ4v) is 2.21. The molecule has 1 aromatic rings. The van der Waals surface area contributed by atoms with Gasteiger partial charge in [-0.3, -0.25) is 4.90 Å². The fourth-order valence-electron chi connectivity index (χ4n) is 2.21. The molecule has 0 spiro atoms. The Bertz CT molecular complexity index is 323. The second kappa shape index (κ2) is 5.43. The Labute approximate surface area is 96.9 Å². The van der Waals surface area contributed by atoms with Gasteiger partial charge in [0.15, 0.2) is 0 Å². The van der Waals surface area contributed by atoms with Crippen molar-refractivity contribution in [2.45, 2.75) is 32.0 Å². The summed E-state index contributed by atoms with van der Waals surface area (Å²) in [7, 11) is 0. The highest BCUT2D eigenvalue weighted by Gasteiger charge is 2.17. The summed E-state index contributed by atoms with van der Waals surface area (Å²) in [6.45, 7) is 3.43. The first-order valence-electron chi connectivity index (χ1n) is 5.96. The van der Waals surface area contributed by atoms with E-state index in [-0.39, 0.29) is 6.10 Å². The number of hydrogen-bond acceptors (Lipinski definition) is 3. The average molecular weight is 220 g/mol. The first-order chi connectivity index (χ1) is 7.78. The van der Waals surface area contributed by atoms with Crippen LogP contribution in [0.15, 0.2) is 24.3 Å². The summed E-state index contributed by atoms with van der Waals surface area (Å²) in [5, 5.41) is 9.58. The third-order valence-corrected chi connectivity index (χ3v) is 3.15. The molecule has 0 radical (unpaired) electrons. The van der Waals surface area contributed by atoms with Crippen molar-refractivity contribution in [3.8, 4) is 0 Å². The number of nitrogens with zero attached hydrogens (tertiary/aromatic N) is 1. The van der Waals surface area contributed by atoms with E-state index >= 15 is 0 Å². The minimum Gasteiger partial charge on any atom is -0.392 e. The molecule has 1 heterocycles. The molecule has 2 rings (SSSR count). The summed E-state index contributed by atoms with van der Waals surface area (Å²) < 4.78 is 0. The van der Waals surface area contributed by atoms with Crippen LogP contribution in [0, 0.1) is 0 Å². The van der Waals surface area contributed by atoms with Crippen molar-refractivity contribution in [1.82, 2.24) is 4.90 Å². The molecule has 88 valence electrons. The van der Waals surface area contributed by atoms with Crippen molar-refractivity contribution < 1.29 is 5.11 Å². The van der Waals surface area contributed by atoms with Gasteiger partial charge >= 0.3 is 0 Å². The molecular weight excluding hydrogens is 200 g/mol. The van der Waals surface area contributed by atoms with E-state index in [2.05, 4.69) is 29.2 Å². The molecule has 16 heavy (non-hydrogen) atoms. The molecule has 0 unspecified atom stereocenters. The van der Waals surface area contributed by atoms with Crippen LogP contribution in [0.5, 0.6) is 0 Å². The van der Waals surface area contributed by atoms with E-state index < -0.39 is 0 Å². The van der Waals surface area contributed by atoms with Gasteiger partial charge in [-0.1, -0.05) is 24.3 Å². The average Bonchev–Trinajstić information content (AvgIpc) is 2.30. The lowest BCUT2D eigenvalue weighted by atomic mass is 10.1. The van der Waals surface area contributed by atoms with Crippen LogP contribution in [0.1, 0.15) is 24.0 Å². The molecule has 0 saturated carbocycles. The van der Waals surface area contributed by atoms with E-state index in [4.69, 9.17) is 5.73 Å². The molecule has 3 nitrogen and oxygen atoms in total. The highest BCUT2D eigenvalue weighted by atomic mass is 16.3. The van der Waals surface area contributed by atoms with E-state index in [1.807, 2.05) is 0 Å². The lowest BCUT2D eigenvalue weighted by Crippen LogP contribution is -2.37. The monoisotopic (exact) mass is 220 g/mol. The first kappa shape index (κ1) is 11.6. The van der Waals surface area contributed by atoms with Crippen LogP contribution in [0.4, 0.5) is 0 Å². The number of benzene rings is 1. The van der Waals surface area contributed by atoms with Crippen LogP contribution in [0.3, 0.4) is 0 Å². The van der Waals surface area contributed by atoms with Gasteiger partial charge in [0.25, 0.3) is 0 Å². The molecule has 3 N–H and O–H groups in total. The maximum Gasteiger partial charge on any atom is 0.0667 e. The Morgan fingerprint density at radius 1 is 1.25 bits per heavy atom. The number of aliphatic hydroxyl groups excluding tert-OH is 1.